The van der Waals surface area contributed by atoms with Gasteiger partial charge in [0.15, 0.2) is 5.82 Å². The van der Waals surface area contributed by atoms with Gasteiger partial charge in [0.05, 0.1) is 36.5 Å². The molecule has 1 heterocycles. The van der Waals surface area contributed by atoms with E-state index in [1.165, 1.54) is 35.9 Å². The topological polar surface area (TPSA) is 213 Å². The zero-order chi connectivity index (χ0) is 39.5. The predicted molar refractivity (Wildman–Crippen MR) is 208 cm³/mol. The van der Waals surface area contributed by atoms with Crippen molar-refractivity contribution in [1.82, 2.24) is 9.78 Å². The van der Waals surface area contributed by atoms with Crippen molar-refractivity contribution in [1.29, 1.82) is 0 Å². The van der Waals surface area contributed by atoms with E-state index in [2.05, 4.69) is 36.8 Å². The maximum atomic E-state index is 13.0. The van der Waals surface area contributed by atoms with Crippen LogP contribution in [0.15, 0.2) is 74.2 Å². The maximum Gasteiger partial charge on any atom is 0.294 e. The number of nitrogens with zero attached hydrogens (tertiary/aromatic N) is 5. The molecule has 4 aromatic rings. The monoisotopic (exact) mass is 871 g/mol. The Morgan fingerprint density at radius 1 is 0.981 bits per heavy atom. The first kappa shape index (κ1) is 41.8. The highest BCUT2D eigenvalue weighted by Gasteiger charge is 2.28. The molecular weight excluding hydrogens is 837 g/mol. The molecule has 53 heavy (non-hydrogen) atoms. The van der Waals surface area contributed by atoms with Crippen LogP contribution in [-0.4, -0.2) is 66.4 Å². The zero-order valence-electron chi connectivity index (χ0n) is 29.1. The lowest BCUT2D eigenvalue weighted by Gasteiger charge is -2.24. The molecule has 0 saturated carbocycles. The van der Waals surface area contributed by atoms with E-state index in [-0.39, 0.29) is 50.8 Å². The second-order valence-electron chi connectivity index (χ2n) is 12.7. The van der Waals surface area contributed by atoms with E-state index in [1.54, 1.807) is 18.2 Å². The summed E-state index contributed by atoms with van der Waals surface area (Å²) in [6.07, 6.45) is 0.182. The second-order valence-corrected chi connectivity index (χ2v) is 17.3. The number of hydrogen-bond donors (Lipinski definition) is 4. The largest absolute Gasteiger partial charge is 0.372 e. The van der Waals surface area contributed by atoms with Gasteiger partial charge in [-0.15, -0.1) is 10.2 Å². The Balaban J connectivity index is 1.74. The molecule has 15 nitrogen and oxygen atoms in total. The van der Waals surface area contributed by atoms with Gasteiger partial charge in [-0.05, 0) is 77.8 Å². The van der Waals surface area contributed by atoms with Crippen molar-refractivity contribution in [3.05, 3.63) is 80.4 Å². The maximum absolute atomic E-state index is 13.0. The van der Waals surface area contributed by atoms with Crippen molar-refractivity contribution in [2.24, 2.45) is 10.2 Å². The van der Waals surface area contributed by atoms with Crippen molar-refractivity contribution in [2.75, 3.05) is 34.4 Å². The molecule has 0 radical (unpaired) electrons. The number of carbonyl (C=O) groups excluding carboxylic acids is 2. The number of hydrogen-bond acceptors (Lipinski definition) is 10. The molecule has 0 unspecified atom stereocenters. The smallest absolute Gasteiger partial charge is 0.294 e. The van der Waals surface area contributed by atoms with E-state index in [0.717, 1.165) is 12.1 Å². The standard InChI is InChI=1S/C33H36BrCl2N7O8S2/c1-6-42(13-8-14-52(46,47)48)22-11-12-26(27(18-22)37-19(2)44)39-40-31-28(34)30(33(3,4)5)41-43(31)29-24(35)16-21(17-25(29)36)38-32(45)20-9-7-10-23(15-20)53(49,50)51/h7,9-12,15-18H,6,8,13-14H2,1-5H3,(H,37,44)(H,38,45)(H,46,47,48)(H,49,50,51)/b40-39+. The van der Waals surface area contributed by atoms with Crippen LogP contribution in [0.3, 0.4) is 0 Å². The van der Waals surface area contributed by atoms with Crippen LogP contribution in [0.4, 0.5) is 28.6 Å². The summed E-state index contributed by atoms with van der Waals surface area (Å²) < 4.78 is 65.9. The number of anilines is 3. The van der Waals surface area contributed by atoms with Crippen LogP contribution in [0.5, 0.6) is 0 Å². The molecule has 2 amide bonds. The Morgan fingerprint density at radius 3 is 2.21 bits per heavy atom. The molecule has 0 aliphatic heterocycles. The Morgan fingerprint density at radius 2 is 1.64 bits per heavy atom. The van der Waals surface area contributed by atoms with E-state index in [9.17, 15) is 31.0 Å². The Bertz CT molecular complexity index is 2290. The van der Waals surface area contributed by atoms with E-state index in [1.807, 2.05) is 32.6 Å². The number of carbonyl (C=O) groups is 2. The number of amides is 2. The predicted octanol–water partition coefficient (Wildman–Crippen LogP) is 8.22. The summed E-state index contributed by atoms with van der Waals surface area (Å²) in [6, 6.07) is 12.7. The summed E-state index contributed by atoms with van der Waals surface area (Å²) in [6.45, 7) is 9.87. The third kappa shape index (κ3) is 10.8. The van der Waals surface area contributed by atoms with Crippen molar-refractivity contribution in [3.8, 4) is 5.69 Å². The third-order valence-corrected chi connectivity index (χ3v) is 10.5. The minimum absolute atomic E-state index is 0.0452. The molecule has 0 aliphatic rings. The van der Waals surface area contributed by atoms with Gasteiger partial charge in [-0.3, -0.25) is 18.7 Å². The summed E-state index contributed by atoms with van der Waals surface area (Å²) in [5.41, 5.74) is 1.68. The molecule has 1 aromatic heterocycles. The minimum Gasteiger partial charge on any atom is -0.372 e. The Kier molecular flexibility index (Phi) is 13.1. The fraction of sp³-hybridized carbons (Fsp3) is 0.303. The number of halogens is 3. The first-order valence-corrected chi connectivity index (χ1v) is 20.4. The van der Waals surface area contributed by atoms with Gasteiger partial charge in [0.25, 0.3) is 26.1 Å². The fourth-order valence-electron chi connectivity index (χ4n) is 5.06. The number of benzene rings is 3. The lowest BCUT2D eigenvalue weighted by atomic mass is 9.92. The average Bonchev–Trinajstić information content (AvgIpc) is 3.36. The van der Waals surface area contributed by atoms with Gasteiger partial charge in [0.1, 0.15) is 11.4 Å². The SMILES string of the molecule is CCN(CCCS(=O)(=O)O)c1ccc(/N=N/c2c(Br)c(C(C)(C)C)nn2-c2c(Cl)cc(NC(=O)c3cccc(S(=O)(=O)O)c3)cc2Cl)c(NC(C)=O)c1. The Hall–Kier alpha value is -3.91. The second kappa shape index (κ2) is 16.6. The van der Waals surface area contributed by atoms with Crippen LogP contribution in [0.2, 0.25) is 10.0 Å². The minimum atomic E-state index is -4.54. The molecule has 4 rings (SSSR count). The summed E-state index contributed by atoms with van der Waals surface area (Å²) in [5, 5.41) is 19.2. The van der Waals surface area contributed by atoms with Gasteiger partial charge in [0, 0.05) is 42.4 Å². The van der Waals surface area contributed by atoms with E-state index >= 15 is 0 Å². The highest BCUT2D eigenvalue weighted by Crippen LogP contribution is 2.43. The van der Waals surface area contributed by atoms with Crippen molar-refractivity contribution >= 4 is 99.7 Å². The van der Waals surface area contributed by atoms with E-state index < -0.39 is 42.2 Å². The van der Waals surface area contributed by atoms with Gasteiger partial charge >= 0.3 is 0 Å². The first-order valence-electron chi connectivity index (χ1n) is 15.8. The molecule has 0 spiro atoms. The zero-order valence-corrected chi connectivity index (χ0v) is 33.8. The molecular formula is C33H36BrCl2N7O8S2. The Labute approximate surface area is 325 Å². The number of aromatic nitrogens is 2. The molecule has 0 atom stereocenters. The average molecular weight is 874 g/mol. The van der Waals surface area contributed by atoms with E-state index in [4.69, 9.17) is 32.9 Å². The fourth-order valence-corrected chi connectivity index (χ4v) is 7.65. The molecule has 0 aliphatic carbocycles. The van der Waals surface area contributed by atoms with Gasteiger partial charge < -0.3 is 15.5 Å². The molecule has 4 N–H and O–H groups in total. The molecule has 0 saturated heterocycles. The van der Waals surface area contributed by atoms with Crippen LogP contribution in [0, 0.1) is 0 Å². The first-order chi connectivity index (χ1) is 24.6. The lowest BCUT2D eigenvalue weighted by molar-refractivity contribution is -0.114. The van der Waals surface area contributed by atoms with E-state index in [0.29, 0.717) is 34.6 Å². The molecule has 284 valence electrons. The molecule has 0 fully saturated rings. The molecule has 3 aromatic carbocycles. The summed E-state index contributed by atoms with van der Waals surface area (Å²) in [7, 11) is -8.66. The number of rotatable bonds is 13. The van der Waals surface area contributed by atoms with Crippen LogP contribution >= 0.6 is 39.1 Å². The lowest BCUT2D eigenvalue weighted by Crippen LogP contribution is -2.25. The van der Waals surface area contributed by atoms with Crippen LogP contribution in [0.25, 0.3) is 5.69 Å². The highest BCUT2D eigenvalue weighted by atomic mass is 79.9. The number of azo groups is 1. The summed E-state index contributed by atoms with van der Waals surface area (Å²) in [4.78, 5) is 26.6. The summed E-state index contributed by atoms with van der Waals surface area (Å²) >= 11 is 17.1. The number of nitrogens with one attached hydrogen (secondary N) is 2. The van der Waals surface area contributed by atoms with Gasteiger partial charge in [0.2, 0.25) is 5.91 Å². The van der Waals surface area contributed by atoms with Crippen molar-refractivity contribution in [3.63, 3.8) is 0 Å². The van der Waals surface area contributed by atoms with Crippen LogP contribution < -0.4 is 15.5 Å². The van der Waals surface area contributed by atoms with Gasteiger partial charge in [-0.2, -0.15) is 21.9 Å². The van der Waals surface area contributed by atoms with Gasteiger partial charge in [-0.25, -0.2) is 4.68 Å². The molecule has 0 bridgehead atoms. The van der Waals surface area contributed by atoms with Crippen LogP contribution in [0.1, 0.15) is 57.1 Å². The highest BCUT2D eigenvalue weighted by molar-refractivity contribution is 9.10. The van der Waals surface area contributed by atoms with Crippen molar-refractivity contribution < 1.29 is 35.5 Å². The van der Waals surface area contributed by atoms with Gasteiger partial charge in [-0.1, -0.05) is 50.0 Å². The third-order valence-electron chi connectivity index (χ3n) is 7.52. The van der Waals surface area contributed by atoms with Crippen LogP contribution in [-0.2, 0) is 30.4 Å². The summed E-state index contributed by atoms with van der Waals surface area (Å²) in [5.74, 6) is -1.27. The van der Waals surface area contributed by atoms with Crippen molar-refractivity contribution in [2.45, 2.75) is 51.3 Å². The quantitative estimate of drug-likeness (QED) is 0.0746. The molecule has 20 heteroatoms. The normalized spacial score (nSPS) is 12.3.